The summed E-state index contributed by atoms with van der Waals surface area (Å²) in [6, 6.07) is 14.5. The van der Waals surface area contributed by atoms with E-state index < -0.39 is 40.4 Å². The van der Waals surface area contributed by atoms with E-state index in [0.717, 1.165) is 29.1 Å². The predicted octanol–water partition coefficient (Wildman–Crippen LogP) is 4.40. The minimum Gasteiger partial charge on any atom is -0.456 e. The molecule has 1 amide bonds. The number of hydrogen-bond donors (Lipinski definition) is 0. The van der Waals surface area contributed by atoms with Gasteiger partial charge in [-0.2, -0.15) is 0 Å². The number of esters is 1. The molecule has 1 saturated heterocycles. The highest BCUT2D eigenvalue weighted by atomic mass is 32.2. The van der Waals surface area contributed by atoms with Crippen LogP contribution in [0.4, 0.5) is 10.5 Å². The summed E-state index contributed by atoms with van der Waals surface area (Å²) in [6.07, 6.45) is -2.00. The molecule has 11 nitrogen and oxygen atoms in total. The van der Waals surface area contributed by atoms with Crippen LogP contribution in [0.25, 0.3) is 0 Å². The van der Waals surface area contributed by atoms with Crippen molar-refractivity contribution in [2.45, 2.75) is 38.5 Å². The van der Waals surface area contributed by atoms with Gasteiger partial charge in [0.05, 0.1) is 9.83 Å². The number of non-ortho nitro benzene ring substituents is 1. The van der Waals surface area contributed by atoms with Crippen molar-refractivity contribution in [3.05, 3.63) is 86.4 Å². The van der Waals surface area contributed by atoms with Gasteiger partial charge in [0, 0.05) is 12.1 Å². The van der Waals surface area contributed by atoms with Crippen LogP contribution in [0.5, 0.6) is 0 Å². The first-order chi connectivity index (χ1) is 18.7. The van der Waals surface area contributed by atoms with Crippen LogP contribution in [0.15, 0.2) is 65.2 Å². The molecule has 4 rings (SSSR count). The van der Waals surface area contributed by atoms with Gasteiger partial charge >= 0.3 is 12.1 Å². The highest BCUT2D eigenvalue weighted by Crippen LogP contribution is 2.48. The Morgan fingerprint density at radius 2 is 1.69 bits per heavy atom. The molecule has 0 spiro atoms. The maximum absolute atomic E-state index is 13.2. The molecule has 0 aromatic heterocycles. The van der Waals surface area contributed by atoms with E-state index in [1.54, 1.807) is 24.3 Å². The van der Waals surface area contributed by atoms with Crippen molar-refractivity contribution in [3.8, 4) is 0 Å². The first kappa shape index (κ1) is 28.2. The third-order valence-corrected chi connectivity index (χ3v) is 8.19. The number of β-lactam (4-membered cyclic amide) rings is 1. The Balaban J connectivity index is 1.40. The topological polar surface area (TPSA) is 142 Å². The second-order valence-electron chi connectivity index (χ2n) is 8.49. The summed E-state index contributed by atoms with van der Waals surface area (Å²) in [4.78, 5) is 63.1. The van der Waals surface area contributed by atoms with E-state index in [0.29, 0.717) is 11.3 Å². The molecule has 0 bridgehead atoms. The fraction of sp³-hybridized carbons (Fsp3) is 0.308. The number of fused-ring (bicyclic) bond motifs is 1. The van der Waals surface area contributed by atoms with Crippen LogP contribution in [-0.4, -0.2) is 50.2 Å². The van der Waals surface area contributed by atoms with Crippen LogP contribution in [0.3, 0.4) is 0 Å². The maximum Gasteiger partial charge on any atom is 0.508 e. The Hall–Kier alpha value is -3.84. The second-order valence-corrected chi connectivity index (χ2v) is 10.9. The molecule has 13 heteroatoms. The number of carbonyl (C=O) groups excluding carboxylic acids is 4. The third-order valence-electron chi connectivity index (χ3n) is 5.94. The highest BCUT2D eigenvalue weighted by Gasteiger charge is 2.58. The molecule has 0 N–H and O–H groups in total. The molecule has 3 atom stereocenters. The van der Waals surface area contributed by atoms with E-state index >= 15 is 0 Å². The smallest absolute Gasteiger partial charge is 0.456 e. The lowest BCUT2D eigenvalue weighted by Gasteiger charge is -2.50. The van der Waals surface area contributed by atoms with Crippen LogP contribution in [0, 0.1) is 16.0 Å². The van der Waals surface area contributed by atoms with Crippen molar-refractivity contribution in [1.29, 1.82) is 0 Å². The van der Waals surface area contributed by atoms with Crippen molar-refractivity contribution in [2.75, 3.05) is 5.75 Å². The Labute approximate surface area is 232 Å². The molecule has 204 valence electrons. The number of benzene rings is 2. The minimum absolute atomic E-state index is 0.0230. The largest absolute Gasteiger partial charge is 0.508 e. The van der Waals surface area contributed by atoms with Gasteiger partial charge in [-0.3, -0.25) is 24.6 Å². The molecule has 0 saturated carbocycles. The fourth-order valence-electron chi connectivity index (χ4n) is 4.02. The van der Waals surface area contributed by atoms with Gasteiger partial charge in [0.25, 0.3) is 5.69 Å². The van der Waals surface area contributed by atoms with E-state index in [2.05, 4.69) is 0 Å². The number of nitrogens with zero attached hydrogens (tertiary/aromatic N) is 2. The molecule has 39 heavy (non-hydrogen) atoms. The summed E-state index contributed by atoms with van der Waals surface area (Å²) in [5.41, 5.74) is 1.07. The molecule has 2 heterocycles. The zero-order chi connectivity index (χ0) is 28.1. The number of nitro groups is 1. The zero-order valence-electron chi connectivity index (χ0n) is 20.9. The molecule has 2 aromatic carbocycles. The van der Waals surface area contributed by atoms with E-state index in [1.165, 1.54) is 36.1 Å². The van der Waals surface area contributed by atoms with Gasteiger partial charge in [-0.25, -0.2) is 9.59 Å². The van der Waals surface area contributed by atoms with Crippen LogP contribution < -0.4 is 0 Å². The summed E-state index contributed by atoms with van der Waals surface area (Å²) < 4.78 is 15.8. The zero-order valence-corrected chi connectivity index (χ0v) is 22.6. The Morgan fingerprint density at radius 3 is 2.33 bits per heavy atom. The van der Waals surface area contributed by atoms with E-state index in [-0.39, 0.29) is 34.6 Å². The number of thioether (sulfide) groups is 2. The average molecular weight is 573 g/mol. The molecule has 2 aromatic rings. The van der Waals surface area contributed by atoms with Crippen LogP contribution in [-0.2, 0) is 41.8 Å². The van der Waals surface area contributed by atoms with Gasteiger partial charge in [-0.15, -0.1) is 11.8 Å². The lowest BCUT2D eigenvalue weighted by atomic mass is 9.91. The molecule has 2 aliphatic heterocycles. The predicted molar refractivity (Wildman–Crippen MR) is 142 cm³/mol. The molecular weight excluding hydrogens is 548 g/mol. The van der Waals surface area contributed by atoms with E-state index in [4.69, 9.17) is 14.2 Å². The van der Waals surface area contributed by atoms with Gasteiger partial charge in [0.2, 0.25) is 11.0 Å². The number of carbonyl (C=O) groups is 4. The van der Waals surface area contributed by atoms with Gasteiger partial charge in [0.1, 0.15) is 36.3 Å². The van der Waals surface area contributed by atoms with Crippen LogP contribution >= 0.6 is 23.5 Å². The summed E-state index contributed by atoms with van der Waals surface area (Å²) in [5, 5.41) is 9.65. The Kier molecular flexibility index (Phi) is 8.92. The lowest BCUT2D eigenvalue weighted by Crippen LogP contribution is -2.65. The van der Waals surface area contributed by atoms with Crippen LogP contribution in [0.2, 0.25) is 0 Å². The molecule has 0 radical (unpaired) electrons. The second kappa shape index (κ2) is 12.3. The summed E-state index contributed by atoms with van der Waals surface area (Å²) in [5.74, 6) is -1.63. The average Bonchev–Trinajstić information content (AvgIpc) is 2.92. The SMILES string of the molecule is CCSC1=C(C(=O)OCc2ccccc2)N2C(=O)[C@H]([C@@H](C)OC(=O)OCc3ccc([N+](=O)[O-])cc3)[C@@H]2SC1=O. The standard InChI is InChI=1S/C26H24N2O9S2/c1-3-38-21-20(24(30)35-13-16-7-5-4-6-8-16)27-22(29)19(23(27)39-25(21)31)15(2)37-26(32)36-14-17-9-11-18(12-10-17)28(33)34/h4-12,15,19,23H,3,13-14H2,1-2H3/t15-,19+,23+/m1/s1. The van der Waals surface area contributed by atoms with Crippen molar-refractivity contribution in [3.63, 3.8) is 0 Å². The first-order valence-electron chi connectivity index (χ1n) is 11.9. The fourth-order valence-corrected chi connectivity index (χ4v) is 6.29. The van der Waals surface area contributed by atoms with Crippen molar-refractivity contribution >= 4 is 52.4 Å². The molecular formula is C26H24N2O9S2. The van der Waals surface area contributed by atoms with Gasteiger partial charge < -0.3 is 14.2 Å². The monoisotopic (exact) mass is 572 g/mol. The maximum atomic E-state index is 13.2. The first-order valence-corrected chi connectivity index (χ1v) is 13.8. The summed E-state index contributed by atoms with van der Waals surface area (Å²) >= 11 is 2.05. The van der Waals surface area contributed by atoms with Gasteiger partial charge in [-0.1, -0.05) is 49.0 Å². The molecule has 0 unspecified atom stereocenters. The van der Waals surface area contributed by atoms with E-state index in [9.17, 15) is 29.3 Å². The number of hydrogen-bond acceptors (Lipinski definition) is 11. The van der Waals surface area contributed by atoms with Crippen LogP contribution in [0.1, 0.15) is 25.0 Å². The molecule has 1 fully saturated rings. The lowest BCUT2D eigenvalue weighted by molar-refractivity contribution is -0.384. The third kappa shape index (κ3) is 6.25. The molecule has 0 aliphatic carbocycles. The summed E-state index contributed by atoms with van der Waals surface area (Å²) in [7, 11) is 0. The van der Waals surface area contributed by atoms with Crippen molar-refractivity contribution in [1.82, 2.24) is 4.90 Å². The highest BCUT2D eigenvalue weighted by molar-refractivity contribution is 8.18. The normalized spacial score (nSPS) is 19.1. The van der Waals surface area contributed by atoms with Crippen molar-refractivity contribution in [2.24, 2.45) is 5.92 Å². The van der Waals surface area contributed by atoms with Gasteiger partial charge in [-0.05, 0) is 35.9 Å². The number of ether oxygens (including phenoxy) is 3. The summed E-state index contributed by atoms with van der Waals surface area (Å²) in [6.45, 7) is 3.12. The number of amides is 1. The molecule has 2 aliphatic rings. The van der Waals surface area contributed by atoms with Gasteiger partial charge in [0.15, 0.2) is 0 Å². The van der Waals surface area contributed by atoms with Crippen molar-refractivity contribution < 1.29 is 38.3 Å². The minimum atomic E-state index is -1.04. The van der Waals surface area contributed by atoms with E-state index in [1.807, 2.05) is 13.0 Å². The Bertz CT molecular complexity index is 1310. The quantitative estimate of drug-likeness (QED) is 0.173. The number of nitro benzene ring substituents is 1. The number of rotatable bonds is 10. The Morgan fingerprint density at radius 1 is 1.05 bits per heavy atom.